The fraction of sp³-hybridized carbons (Fsp3) is 0.500. The number of aromatic nitrogens is 3. The van der Waals surface area contributed by atoms with Crippen LogP contribution >= 0.6 is 0 Å². The summed E-state index contributed by atoms with van der Waals surface area (Å²) in [6.45, 7) is 3.96. The Hall–Kier alpha value is -2.32. The number of carboxylic acid groups (broad SMARTS) is 1. The van der Waals surface area contributed by atoms with Crippen LogP contribution in [-0.2, 0) is 11.2 Å². The van der Waals surface area contributed by atoms with Crippen molar-refractivity contribution in [1.29, 1.82) is 0 Å². The van der Waals surface area contributed by atoms with Gasteiger partial charge in [-0.25, -0.2) is 9.07 Å². The van der Waals surface area contributed by atoms with E-state index in [-0.39, 0.29) is 18.2 Å². The third-order valence-corrected chi connectivity index (χ3v) is 4.08. The minimum atomic E-state index is -1.11. The van der Waals surface area contributed by atoms with Gasteiger partial charge in [0.25, 0.3) is 0 Å². The van der Waals surface area contributed by atoms with E-state index < -0.39 is 24.6 Å². The van der Waals surface area contributed by atoms with Gasteiger partial charge < -0.3 is 15.3 Å². The number of rotatable bonds is 9. The molecule has 142 valence electrons. The van der Waals surface area contributed by atoms with Crippen molar-refractivity contribution in [3.05, 3.63) is 41.5 Å². The quantitative estimate of drug-likeness (QED) is 0.628. The van der Waals surface area contributed by atoms with Crippen molar-refractivity contribution < 1.29 is 24.5 Å². The topological polar surface area (TPSA) is 108 Å². The van der Waals surface area contributed by atoms with Gasteiger partial charge in [-0.1, -0.05) is 19.1 Å². The number of carbonyl (C=O) groups is 1. The monoisotopic (exact) mass is 365 g/mol. The molecule has 0 bridgehead atoms. The number of hydrogen-bond donors (Lipinski definition) is 3. The summed E-state index contributed by atoms with van der Waals surface area (Å²) in [5, 5.41) is 36.8. The first-order chi connectivity index (χ1) is 12.3. The van der Waals surface area contributed by atoms with Crippen molar-refractivity contribution in [1.82, 2.24) is 15.0 Å². The first-order valence-corrected chi connectivity index (χ1v) is 8.56. The summed E-state index contributed by atoms with van der Waals surface area (Å²) in [5.41, 5.74) is 2.26. The fourth-order valence-electron chi connectivity index (χ4n) is 2.81. The molecule has 0 aliphatic carbocycles. The van der Waals surface area contributed by atoms with E-state index in [0.717, 1.165) is 11.4 Å². The zero-order valence-electron chi connectivity index (χ0n) is 14.8. The molecule has 0 saturated heterocycles. The minimum Gasteiger partial charge on any atom is -0.481 e. The molecule has 0 aliphatic heterocycles. The molecular formula is C18H24FN3O4. The van der Waals surface area contributed by atoms with Crippen LogP contribution in [0.25, 0.3) is 5.69 Å². The van der Waals surface area contributed by atoms with E-state index >= 15 is 0 Å². The molecular weight excluding hydrogens is 341 g/mol. The number of halogens is 1. The Morgan fingerprint density at radius 1 is 1.19 bits per heavy atom. The number of aliphatic carboxylic acids is 1. The van der Waals surface area contributed by atoms with E-state index in [1.54, 1.807) is 16.8 Å². The summed E-state index contributed by atoms with van der Waals surface area (Å²) in [5.74, 6) is -1.33. The van der Waals surface area contributed by atoms with Gasteiger partial charge in [0.1, 0.15) is 5.82 Å². The molecule has 1 aromatic heterocycles. The molecule has 3 N–H and O–H groups in total. The molecule has 1 heterocycles. The van der Waals surface area contributed by atoms with Crippen molar-refractivity contribution in [2.24, 2.45) is 0 Å². The second kappa shape index (κ2) is 8.86. The normalized spacial score (nSPS) is 13.8. The average molecular weight is 365 g/mol. The molecule has 0 amide bonds. The highest BCUT2D eigenvalue weighted by Crippen LogP contribution is 2.22. The number of nitrogens with zero attached hydrogens (tertiary/aromatic N) is 3. The number of aliphatic hydroxyl groups excluding tert-OH is 2. The van der Waals surface area contributed by atoms with Crippen LogP contribution in [0.15, 0.2) is 24.3 Å². The second-order valence-electron chi connectivity index (χ2n) is 6.64. The van der Waals surface area contributed by atoms with Gasteiger partial charge in [-0.3, -0.25) is 4.79 Å². The highest BCUT2D eigenvalue weighted by atomic mass is 19.1. The summed E-state index contributed by atoms with van der Waals surface area (Å²) < 4.78 is 14.8. The summed E-state index contributed by atoms with van der Waals surface area (Å²) in [6, 6.07) is 5.88. The van der Waals surface area contributed by atoms with Gasteiger partial charge in [0, 0.05) is 0 Å². The van der Waals surface area contributed by atoms with E-state index in [0.29, 0.717) is 18.5 Å². The van der Waals surface area contributed by atoms with Crippen molar-refractivity contribution in [3.63, 3.8) is 0 Å². The van der Waals surface area contributed by atoms with E-state index in [1.165, 1.54) is 12.1 Å². The molecule has 0 radical (unpaired) electrons. The van der Waals surface area contributed by atoms with Gasteiger partial charge in [-0.05, 0) is 49.4 Å². The van der Waals surface area contributed by atoms with E-state index in [1.807, 2.05) is 13.8 Å². The molecule has 26 heavy (non-hydrogen) atoms. The number of carboxylic acids is 1. The molecule has 8 heteroatoms. The first-order valence-electron chi connectivity index (χ1n) is 8.56. The highest BCUT2D eigenvalue weighted by molar-refractivity contribution is 5.67. The lowest BCUT2D eigenvalue weighted by Crippen LogP contribution is -2.21. The van der Waals surface area contributed by atoms with Crippen molar-refractivity contribution >= 4 is 5.97 Å². The smallest absolute Gasteiger partial charge is 0.305 e. The summed E-state index contributed by atoms with van der Waals surface area (Å²) >= 11 is 0. The van der Waals surface area contributed by atoms with Gasteiger partial charge >= 0.3 is 5.97 Å². The molecule has 7 nitrogen and oxygen atoms in total. The van der Waals surface area contributed by atoms with Crippen LogP contribution in [0.5, 0.6) is 0 Å². The SMILES string of the molecule is CC(C)c1nnn(-c2ccc(F)cc2)c1CCC(O)CC(O)CC(=O)O. The predicted molar refractivity (Wildman–Crippen MR) is 92.6 cm³/mol. The summed E-state index contributed by atoms with van der Waals surface area (Å²) in [6.07, 6.45) is -1.58. The lowest BCUT2D eigenvalue weighted by atomic mass is 10.0. The van der Waals surface area contributed by atoms with Crippen LogP contribution in [-0.4, -0.2) is 48.5 Å². The summed E-state index contributed by atoms with van der Waals surface area (Å²) in [4.78, 5) is 10.6. The Morgan fingerprint density at radius 2 is 1.85 bits per heavy atom. The van der Waals surface area contributed by atoms with Crippen LogP contribution in [0.1, 0.15) is 50.4 Å². The number of benzene rings is 1. The molecule has 0 spiro atoms. The van der Waals surface area contributed by atoms with Crippen LogP contribution in [0.4, 0.5) is 4.39 Å². The molecule has 0 aliphatic rings. The number of aliphatic hydroxyl groups is 2. The van der Waals surface area contributed by atoms with Crippen LogP contribution in [0, 0.1) is 5.82 Å². The van der Waals surface area contributed by atoms with Gasteiger partial charge in [-0.15, -0.1) is 5.10 Å². The molecule has 2 unspecified atom stereocenters. The van der Waals surface area contributed by atoms with Crippen LogP contribution in [0.3, 0.4) is 0 Å². The zero-order chi connectivity index (χ0) is 19.3. The van der Waals surface area contributed by atoms with E-state index in [9.17, 15) is 19.4 Å². The van der Waals surface area contributed by atoms with Crippen molar-refractivity contribution in [2.75, 3.05) is 0 Å². The maximum Gasteiger partial charge on any atom is 0.305 e. The van der Waals surface area contributed by atoms with E-state index in [4.69, 9.17) is 5.11 Å². The average Bonchev–Trinajstić information content (AvgIpc) is 2.96. The zero-order valence-corrected chi connectivity index (χ0v) is 14.8. The maximum absolute atomic E-state index is 13.2. The molecule has 0 fully saturated rings. The Bertz CT molecular complexity index is 731. The third-order valence-electron chi connectivity index (χ3n) is 4.08. The second-order valence-corrected chi connectivity index (χ2v) is 6.64. The van der Waals surface area contributed by atoms with Crippen LogP contribution in [0.2, 0.25) is 0 Å². The number of hydrogen-bond acceptors (Lipinski definition) is 5. The molecule has 2 aromatic rings. The van der Waals surface area contributed by atoms with Gasteiger partial charge in [-0.2, -0.15) is 0 Å². The highest BCUT2D eigenvalue weighted by Gasteiger charge is 2.20. The lowest BCUT2D eigenvalue weighted by Gasteiger charge is -2.15. The Morgan fingerprint density at radius 3 is 2.42 bits per heavy atom. The predicted octanol–water partition coefficient (Wildman–Crippen LogP) is 2.05. The third kappa shape index (κ3) is 5.34. The largest absolute Gasteiger partial charge is 0.481 e. The molecule has 2 rings (SSSR count). The Labute approximate surface area is 151 Å². The van der Waals surface area contributed by atoms with Crippen molar-refractivity contribution in [2.45, 2.75) is 57.7 Å². The standard InChI is InChI=1S/C18H24FN3O4/c1-11(2)18-16(8-7-14(23)9-15(24)10-17(25)26)22(21-20-18)13-5-3-12(19)4-6-13/h3-6,11,14-15,23-24H,7-10H2,1-2H3,(H,25,26). The maximum atomic E-state index is 13.2. The van der Waals surface area contributed by atoms with Gasteiger partial charge in [0.15, 0.2) is 0 Å². The fourth-order valence-corrected chi connectivity index (χ4v) is 2.81. The molecule has 2 atom stereocenters. The van der Waals surface area contributed by atoms with Crippen LogP contribution < -0.4 is 0 Å². The Balaban J connectivity index is 2.13. The first kappa shape index (κ1) is 20.0. The Kier molecular flexibility index (Phi) is 6.82. The van der Waals surface area contributed by atoms with Gasteiger partial charge in [0.2, 0.25) is 0 Å². The van der Waals surface area contributed by atoms with Gasteiger partial charge in [0.05, 0.1) is 35.7 Å². The molecule has 0 saturated carbocycles. The van der Waals surface area contributed by atoms with E-state index in [2.05, 4.69) is 10.3 Å². The lowest BCUT2D eigenvalue weighted by molar-refractivity contribution is -0.139. The summed E-state index contributed by atoms with van der Waals surface area (Å²) in [7, 11) is 0. The van der Waals surface area contributed by atoms with Crippen molar-refractivity contribution in [3.8, 4) is 5.69 Å². The molecule has 1 aromatic carbocycles. The minimum absolute atomic E-state index is 0.0125.